The van der Waals surface area contributed by atoms with Crippen LogP contribution in [0, 0.1) is 5.41 Å². The molecule has 18 heavy (non-hydrogen) atoms. The van der Waals surface area contributed by atoms with Crippen molar-refractivity contribution < 1.29 is 4.79 Å². The number of nitrogens with one attached hydrogen (secondary N) is 1. The van der Waals surface area contributed by atoms with Crippen LogP contribution in [0.1, 0.15) is 24.8 Å². The van der Waals surface area contributed by atoms with Crippen molar-refractivity contribution in [2.24, 2.45) is 5.41 Å². The van der Waals surface area contributed by atoms with E-state index in [1.54, 1.807) is 0 Å². The van der Waals surface area contributed by atoms with E-state index in [4.69, 9.17) is 0 Å². The number of hydrogen-bond donors (Lipinski definition) is 1. The van der Waals surface area contributed by atoms with Crippen molar-refractivity contribution in [1.29, 1.82) is 0 Å². The highest BCUT2D eigenvalue weighted by Gasteiger charge is 2.44. The number of benzene rings is 1. The minimum Gasteiger partial charge on any atom is -0.356 e. The maximum absolute atomic E-state index is 12.0. The van der Waals surface area contributed by atoms with Crippen LogP contribution in [0.4, 0.5) is 0 Å². The SMILES string of the molecule is O=C1NCC[C@]12CCCN(Cc1ccccc1)C2. The molecule has 1 aromatic rings. The van der Waals surface area contributed by atoms with Crippen LogP contribution >= 0.6 is 0 Å². The maximum atomic E-state index is 12.0. The van der Waals surface area contributed by atoms with Gasteiger partial charge in [0.15, 0.2) is 0 Å². The van der Waals surface area contributed by atoms with Gasteiger partial charge in [-0.2, -0.15) is 0 Å². The van der Waals surface area contributed by atoms with Crippen LogP contribution in [0.25, 0.3) is 0 Å². The number of carbonyl (C=O) groups excluding carboxylic acids is 1. The van der Waals surface area contributed by atoms with Crippen LogP contribution in [0.15, 0.2) is 30.3 Å². The number of piperidine rings is 1. The van der Waals surface area contributed by atoms with Crippen LogP contribution < -0.4 is 5.32 Å². The fourth-order valence-corrected chi connectivity index (χ4v) is 3.31. The Bertz CT molecular complexity index is 431. The molecule has 2 aliphatic rings. The van der Waals surface area contributed by atoms with E-state index in [0.29, 0.717) is 0 Å². The molecular formula is C15H20N2O. The number of rotatable bonds is 2. The van der Waals surface area contributed by atoms with E-state index < -0.39 is 0 Å². The Hall–Kier alpha value is -1.35. The highest BCUT2D eigenvalue weighted by Crippen LogP contribution is 2.36. The van der Waals surface area contributed by atoms with E-state index in [1.807, 2.05) is 6.07 Å². The van der Waals surface area contributed by atoms with Crippen LogP contribution in [-0.4, -0.2) is 30.4 Å². The normalized spacial score (nSPS) is 28.6. The highest BCUT2D eigenvalue weighted by molar-refractivity contribution is 5.85. The first-order valence-corrected chi connectivity index (χ1v) is 6.83. The Labute approximate surface area is 108 Å². The lowest BCUT2D eigenvalue weighted by Gasteiger charge is -2.38. The second-order valence-corrected chi connectivity index (χ2v) is 5.59. The predicted octanol–water partition coefficient (Wildman–Crippen LogP) is 1.79. The largest absolute Gasteiger partial charge is 0.356 e. The molecule has 0 saturated carbocycles. The zero-order valence-electron chi connectivity index (χ0n) is 10.7. The second-order valence-electron chi connectivity index (χ2n) is 5.59. The average molecular weight is 244 g/mol. The molecule has 96 valence electrons. The Morgan fingerprint density at radius 1 is 1.22 bits per heavy atom. The Kier molecular flexibility index (Phi) is 3.08. The van der Waals surface area contributed by atoms with E-state index >= 15 is 0 Å². The Morgan fingerprint density at radius 2 is 2.06 bits per heavy atom. The van der Waals surface area contributed by atoms with Gasteiger partial charge in [-0.05, 0) is 31.4 Å². The smallest absolute Gasteiger partial charge is 0.227 e. The van der Waals surface area contributed by atoms with E-state index in [-0.39, 0.29) is 11.3 Å². The molecule has 2 heterocycles. The van der Waals surface area contributed by atoms with Gasteiger partial charge in [0.1, 0.15) is 0 Å². The summed E-state index contributed by atoms with van der Waals surface area (Å²) >= 11 is 0. The van der Waals surface area contributed by atoms with E-state index in [9.17, 15) is 4.79 Å². The monoisotopic (exact) mass is 244 g/mol. The summed E-state index contributed by atoms with van der Waals surface area (Å²) in [6.07, 6.45) is 3.21. The zero-order valence-corrected chi connectivity index (χ0v) is 10.7. The molecular weight excluding hydrogens is 224 g/mol. The standard InChI is InChI=1S/C15H20N2O/c18-14-15(8-9-16-14)7-4-10-17(12-15)11-13-5-2-1-3-6-13/h1-3,5-6H,4,7-12H2,(H,16,18)/t15-/m0/s1. The molecule has 3 heteroatoms. The van der Waals surface area contributed by atoms with Gasteiger partial charge in [0, 0.05) is 19.6 Å². The van der Waals surface area contributed by atoms with Gasteiger partial charge in [0.25, 0.3) is 0 Å². The zero-order chi connectivity index (χ0) is 12.4. The molecule has 1 amide bonds. The fourth-order valence-electron chi connectivity index (χ4n) is 3.31. The van der Waals surface area contributed by atoms with E-state index in [2.05, 4.69) is 34.5 Å². The Morgan fingerprint density at radius 3 is 2.78 bits per heavy atom. The van der Waals surface area contributed by atoms with Crippen LogP contribution in [-0.2, 0) is 11.3 Å². The third-order valence-corrected chi connectivity index (χ3v) is 4.28. The van der Waals surface area contributed by atoms with Crippen LogP contribution in [0.5, 0.6) is 0 Å². The summed E-state index contributed by atoms with van der Waals surface area (Å²) in [7, 11) is 0. The predicted molar refractivity (Wildman–Crippen MR) is 71.0 cm³/mol. The molecule has 2 fully saturated rings. The van der Waals surface area contributed by atoms with Gasteiger partial charge in [-0.25, -0.2) is 0 Å². The summed E-state index contributed by atoms with van der Waals surface area (Å²) in [5.74, 6) is 0.278. The lowest BCUT2D eigenvalue weighted by atomic mass is 9.78. The van der Waals surface area contributed by atoms with Gasteiger partial charge in [0.2, 0.25) is 5.91 Å². The number of nitrogens with zero attached hydrogens (tertiary/aromatic N) is 1. The highest BCUT2D eigenvalue weighted by atomic mass is 16.2. The molecule has 1 atom stereocenters. The lowest BCUT2D eigenvalue weighted by Crippen LogP contribution is -2.46. The minimum atomic E-state index is -0.0902. The van der Waals surface area contributed by atoms with Gasteiger partial charge in [-0.3, -0.25) is 9.69 Å². The van der Waals surface area contributed by atoms with Crippen molar-refractivity contribution in [3.05, 3.63) is 35.9 Å². The second kappa shape index (κ2) is 4.73. The quantitative estimate of drug-likeness (QED) is 0.860. The third kappa shape index (κ3) is 2.15. The molecule has 3 nitrogen and oxygen atoms in total. The summed E-state index contributed by atoms with van der Waals surface area (Å²) in [6, 6.07) is 10.5. The molecule has 0 aromatic heterocycles. The number of amides is 1. The molecule has 0 radical (unpaired) electrons. The first-order valence-electron chi connectivity index (χ1n) is 6.83. The van der Waals surface area contributed by atoms with Crippen molar-refractivity contribution in [2.75, 3.05) is 19.6 Å². The van der Waals surface area contributed by atoms with Crippen LogP contribution in [0.2, 0.25) is 0 Å². The molecule has 1 aromatic carbocycles. The van der Waals surface area contributed by atoms with Crippen molar-refractivity contribution in [2.45, 2.75) is 25.8 Å². The maximum Gasteiger partial charge on any atom is 0.227 e. The van der Waals surface area contributed by atoms with Gasteiger partial charge in [-0.15, -0.1) is 0 Å². The van der Waals surface area contributed by atoms with Crippen LogP contribution in [0.3, 0.4) is 0 Å². The third-order valence-electron chi connectivity index (χ3n) is 4.28. The summed E-state index contributed by atoms with van der Waals surface area (Å²) in [6.45, 7) is 3.87. The van der Waals surface area contributed by atoms with Gasteiger partial charge >= 0.3 is 0 Å². The summed E-state index contributed by atoms with van der Waals surface area (Å²) < 4.78 is 0. The van der Waals surface area contributed by atoms with Gasteiger partial charge in [-0.1, -0.05) is 30.3 Å². The molecule has 0 aliphatic carbocycles. The lowest BCUT2D eigenvalue weighted by molar-refractivity contribution is -0.130. The average Bonchev–Trinajstić information content (AvgIpc) is 2.72. The van der Waals surface area contributed by atoms with E-state index in [0.717, 1.165) is 45.4 Å². The number of likely N-dealkylation sites (tertiary alicyclic amines) is 1. The molecule has 1 N–H and O–H groups in total. The molecule has 1 spiro atoms. The summed E-state index contributed by atoms with van der Waals surface area (Å²) in [5, 5.41) is 3.00. The Balaban J connectivity index is 1.69. The van der Waals surface area contributed by atoms with Crippen molar-refractivity contribution >= 4 is 5.91 Å². The van der Waals surface area contributed by atoms with Crippen molar-refractivity contribution in [3.8, 4) is 0 Å². The molecule has 2 aliphatic heterocycles. The first kappa shape index (κ1) is 11.7. The minimum absolute atomic E-state index is 0.0902. The fraction of sp³-hybridized carbons (Fsp3) is 0.533. The first-order chi connectivity index (χ1) is 8.78. The van der Waals surface area contributed by atoms with Gasteiger partial charge < -0.3 is 5.32 Å². The summed E-state index contributed by atoms with van der Waals surface area (Å²) in [4.78, 5) is 14.4. The van der Waals surface area contributed by atoms with Gasteiger partial charge in [0.05, 0.1) is 5.41 Å². The van der Waals surface area contributed by atoms with E-state index in [1.165, 1.54) is 5.56 Å². The molecule has 0 unspecified atom stereocenters. The molecule has 0 bridgehead atoms. The van der Waals surface area contributed by atoms with Crippen molar-refractivity contribution in [1.82, 2.24) is 10.2 Å². The van der Waals surface area contributed by atoms with Crippen molar-refractivity contribution in [3.63, 3.8) is 0 Å². The summed E-state index contributed by atoms with van der Waals surface area (Å²) in [5.41, 5.74) is 1.25. The molecule has 2 saturated heterocycles. The topological polar surface area (TPSA) is 32.3 Å². The number of hydrogen-bond acceptors (Lipinski definition) is 2. The number of carbonyl (C=O) groups is 1. The molecule has 3 rings (SSSR count).